The van der Waals surface area contributed by atoms with Gasteiger partial charge in [-0.1, -0.05) is 39.7 Å². The van der Waals surface area contributed by atoms with Crippen LogP contribution in [0, 0.1) is 5.41 Å². The Labute approximate surface area is 125 Å². The Kier molecular flexibility index (Phi) is 4.45. The Morgan fingerprint density at radius 3 is 2.74 bits per heavy atom. The Hall–Kier alpha value is -1.52. The maximum absolute atomic E-state index is 7.51. The van der Waals surface area contributed by atoms with Gasteiger partial charge in [0.15, 0.2) is 0 Å². The SMILES string of the molecule is N=C(N)c1ccc(Cl)cc1OCc1cccc(Br)c1. The highest BCUT2D eigenvalue weighted by Crippen LogP contribution is 2.24. The summed E-state index contributed by atoms with van der Waals surface area (Å²) in [7, 11) is 0. The molecule has 98 valence electrons. The summed E-state index contributed by atoms with van der Waals surface area (Å²) in [5.41, 5.74) is 7.07. The summed E-state index contributed by atoms with van der Waals surface area (Å²) >= 11 is 9.34. The largest absolute Gasteiger partial charge is 0.488 e. The zero-order chi connectivity index (χ0) is 13.8. The number of nitrogen functional groups attached to an aromatic ring is 1. The molecular formula is C14H12BrClN2O. The van der Waals surface area contributed by atoms with Crippen LogP contribution in [0.3, 0.4) is 0 Å². The number of ether oxygens (including phenoxy) is 1. The van der Waals surface area contributed by atoms with E-state index in [-0.39, 0.29) is 5.84 Å². The van der Waals surface area contributed by atoms with Gasteiger partial charge in [-0.15, -0.1) is 0 Å². The van der Waals surface area contributed by atoms with Crippen molar-refractivity contribution in [3.8, 4) is 5.75 Å². The smallest absolute Gasteiger partial charge is 0.132 e. The second kappa shape index (κ2) is 6.08. The molecule has 2 rings (SSSR count). The molecule has 19 heavy (non-hydrogen) atoms. The fraction of sp³-hybridized carbons (Fsp3) is 0.0714. The van der Waals surface area contributed by atoms with Crippen LogP contribution in [0.4, 0.5) is 0 Å². The first-order valence-electron chi connectivity index (χ1n) is 5.57. The van der Waals surface area contributed by atoms with E-state index < -0.39 is 0 Å². The summed E-state index contributed by atoms with van der Waals surface area (Å²) < 4.78 is 6.69. The minimum absolute atomic E-state index is 0.0408. The molecule has 5 heteroatoms. The molecule has 0 saturated heterocycles. The predicted octanol–water partition coefficient (Wildman–Crippen LogP) is 3.97. The van der Waals surface area contributed by atoms with Crippen LogP contribution in [0.2, 0.25) is 5.02 Å². The van der Waals surface area contributed by atoms with E-state index in [1.54, 1.807) is 18.2 Å². The van der Waals surface area contributed by atoms with Crippen molar-refractivity contribution in [1.82, 2.24) is 0 Å². The lowest BCUT2D eigenvalue weighted by atomic mass is 10.2. The van der Waals surface area contributed by atoms with Gasteiger partial charge >= 0.3 is 0 Å². The highest BCUT2D eigenvalue weighted by Gasteiger charge is 2.08. The monoisotopic (exact) mass is 338 g/mol. The van der Waals surface area contributed by atoms with E-state index in [0.717, 1.165) is 10.0 Å². The first kappa shape index (κ1) is 13.9. The molecular weight excluding hydrogens is 328 g/mol. The summed E-state index contributed by atoms with van der Waals surface area (Å²) in [5, 5.41) is 8.06. The molecule has 0 unspecified atom stereocenters. The van der Waals surface area contributed by atoms with Gasteiger partial charge in [-0.25, -0.2) is 0 Å². The van der Waals surface area contributed by atoms with Crippen LogP contribution in [-0.2, 0) is 6.61 Å². The molecule has 0 saturated carbocycles. The number of amidine groups is 1. The van der Waals surface area contributed by atoms with Gasteiger partial charge in [-0.2, -0.15) is 0 Å². The van der Waals surface area contributed by atoms with E-state index in [1.165, 1.54) is 0 Å². The lowest BCUT2D eigenvalue weighted by molar-refractivity contribution is 0.305. The minimum Gasteiger partial charge on any atom is -0.488 e. The van der Waals surface area contributed by atoms with Gasteiger partial charge in [-0.3, -0.25) is 5.41 Å². The van der Waals surface area contributed by atoms with Crippen LogP contribution in [0.5, 0.6) is 5.75 Å². The molecule has 0 fully saturated rings. The third-order valence-corrected chi connectivity index (χ3v) is 3.25. The molecule has 0 aromatic heterocycles. The molecule has 0 amide bonds. The summed E-state index contributed by atoms with van der Waals surface area (Å²) in [4.78, 5) is 0. The maximum Gasteiger partial charge on any atom is 0.132 e. The summed E-state index contributed by atoms with van der Waals surface area (Å²) in [5.74, 6) is 0.473. The number of hydrogen-bond acceptors (Lipinski definition) is 2. The third kappa shape index (κ3) is 3.72. The van der Waals surface area contributed by atoms with E-state index in [1.807, 2.05) is 24.3 Å². The number of rotatable bonds is 4. The molecule has 3 N–H and O–H groups in total. The molecule has 2 aromatic rings. The average Bonchev–Trinajstić information content (AvgIpc) is 2.36. The Bertz CT molecular complexity index is 616. The van der Waals surface area contributed by atoms with Crippen molar-refractivity contribution < 1.29 is 4.74 Å². The van der Waals surface area contributed by atoms with Crippen LogP contribution in [0.1, 0.15) is 11.1 Å². The predicted molar refractivity (Wildman–Crippen MR) is 80.9 cm³/mol. The third-order valence-electron chi connectivity index (χ3n) is 2.52. The molecule has 0 aliphatic carbocycles. The number of benzene rings is 2. The van der Waals surface area contributed by atoms with Crippen molar-refractivity contribution in [1.29, 1.82) is 5.41 Å². The van der Waals surface area contributed by atoms with Crippen LogP contribution in [0.15, 0.2) is 46.9 Å². The van der Waals surface area contributed by atoms with Crippen molar-refractivity contribution in [3.05, 3.63) is 63.1 Å². The maximum atomic E-state index is 7.51. The molecule has 0 radical (unpaired) electrons. The first-order valence-corrected chi connectivity index (χ1v) is 6.74. The summed E-state index contributed by atoms with van der Waals surface area (Å²) in [6, 6.07) is 12.8. The van der Waals surface area contributed by atoms with Gasteiger partial charge in [0.2, 0.25) is 0 Å². The van der Waals surface area contributed by atoms with Crippen molar-refractivity contribution in [2.24, 2.45) is 5.73 Å². The van der Waals surface area contributed by atoms with Crippen LogP contribution < -0.4 is 10.5 Å². The zero-order valence-electron chi connectivity index (χ0n) is 9.99. The fourth-order valence-electron chi connectivity index (χ4n) is 1.63. The molecule has 0 atom stereocenters. The standard InChI is InChI=1S/C14H12BrClN2O/c15-10-3-1-2-9(6-10)8-19-13-7-11(16)4-5-12(13)14(17)18/h1-7H,8H2,(H3,17,18). The van der Waals surface area contributed by atoms with E-state index >= 15 is 0 Å². The summed E-state index contributed by atoms with van der Waals surface area (Å²) in [6.45, 7) is 0.389. The number of halogens is 2. The fourth-order valence-corrected chi connectivity index (χ4v) is 2.23. The molecule has 3 nitrogen and oxygen atoms in total. The number of nitrogens with two attached hydrogens (primary N) is 1. The lowest BCUT2D eigenvalue weighted by Crippen LogP contribution is -2.13. The average molecular weight is 340 g/mol. The van der Waals surface area contributed by atoms with E-state index in [0.29, 0.717) is 22.9 Å². The first-order chi connectivity index (χ1) is 9.06. The zero-order valence-corrected chi connectivity index (χ0v) is 12.3. The van der Waals surface area contributed by atoms with Gasteiger partial charge < -0.3 is 10.5 Å². The molecule has 0 aliphatic rings. The van der Waals surface area contributed by atoms with Crippen molar-refractivity contribution in [3.63, 3.8) is 0 Å². The van der Waals surface area contributed by atoms with Gasteiger partial charge in [0.25, 0.3) is 0 Å². The van der Waals surface area contributed by atoms with Crippen molar-refractivity contribution >= 4 is 33.4 Å². The lowest BCUT2D eigenvalue weighted by Gasteiger charge is -2.11. The Balaban J connectivity index is 2.19. The van der Waals surface area contributed by atoms with Crippen LogP contribution >= 0.6 is 27.5 Å². The molecule has 2 aromatic carbocycles. The second-order valence-electron chi connectivity index (χ2n) is 3.97. The van der Waals surface area contributed by atoms with E-state index in [2.05, 4.69) is 15.9 Å². The highest BCUT2D eigenvalue weighted by molar-refractivity contribution is 9.10. The van der Waals surface area contributed by atoms with E-state index in [9.17, 15) is 0 Å². The molecule has 0 bridgehead atoms. The second-order valence-corrected chi connectivity index (χ2v) is 5.32. The quantitative estimate of drug-likeness (QED) is 0.654. The van der Waals surface area contributed by atoms with Crippen molar-refractivity contribution in [2.75, 3.05) is 0 Å². The number of hydrogen-bond donors (Lipinski definition) is 2. The van der Waals surface area contributed by atoms with Crippen molar-refractivity contribution in [2.45, 2.75) is 6.61 Å². The van der Waals surface area contributed by atoms with Gasteiger partial charge in [0.05, 0.1) is 5.56 Å². The molecule has 0 spiro atoms. The van der Waals surface area contributed by atoms with Gasteiger partial charge in [0, 0.05) is 9.50 Å². The molecule has 0 heterocycles. The topological polar surface area (TPSA) is 59.1 Å². The highest BCUT2D eigenvalue weighted by atomic mass is 79.9. The van der Waals surface area contributed by atoms with E-state index in [4.69, 9.17) is 27.5 Å². The van der Waals surface area contributed by atoms with Gasteiger partial charge in [0.1, 0.15) is 18.2 Å². The van der Waals surface area contributed by atoms with Gasteiger partial charge in [-0.05, 0) is 35.9 Å². The summed E-state index contributed by atoms with van der Waals surface area (Å²) in [6.07, 6.45) is 0. The Morgan fingerprint density at radius 2 is 2.05 bits per heavy atom. The minimum atomic E-state index is -0.0408. The van der Waals surface area contributed by atoms with Crippen LogP contribution in [0.25, 0.3) is 0 Å². The normalized spacial score (nSPS) is 10.2. The number of nitrogens with one attached hydrogen (secondary N) is 1. The van der Waals surface area contributed by atoms with Crippen LogP contribution in [-0.4, -0.2) is 5.84 Å². The molecule has 0 aliphatic heterocycles. The Morgan fingerprint density at radius 1 is 1.26 bits per heavy atom.